The Labute approximate surface area is 171 Å². The number of para-hydroxylation sites is 1. The number of hydrogen-bond donors (Lipinski definition) is 1. The molecule has 3 aromatic carbocycles. The highest BCUT2D eigenvalue weighted by Gasteiger charge is 2.47. The summed E-state index contributed by atoms with van der Waals surface area (Å²) in [4.78, 5) is 37.9. The van der Waals surface area contributed by atoms with Gasteiger partial charge >= 0.3 is 0 Å². The molecule has 1 saturated heterocycles. The molecule has 1 heterocycles. The van der Waals surface area contributed by atoms with Gasteiger partial charge in [-0.05, 0) is 17.7 Å². The Kier molecular flexibility index (Phi) is 4.85. The summed E-state index contributed by atoms with van der Waals surface area (Å²) in [5.41, 5.74) is 0.883. The van der Waals surface area contributed by atoms with Gasteiger partial charge in [0.15, 0.2) is 0 Å². The predicted molar refractivity (Wildman–Crippen MR) is 111 cm³/mol. The maximum atomic E-state index is 13.0. The van der Waals surface area contributed by atoms with Gasteiger partial charge in [0.2, 0.25) is 0 Å². The van der Waals surface area contributed by atoms with Crippen LogP contribution in [0.15, 0.2) is 90.5 Å². The van der Waals surface area contributed by atoms with Crippen LogP contribution in [0, 0.1) is 10.1 Å². The molecule has 0 aliphatic carbocycles. The maximum absolute atomic E-state index is 13.0. The molecule has 1 aliphatic heterocycles. The molecule has 0 radical (unpaired) electrons. The number of aliphatic hydroxyl groups is 1. The lowest BCUT2D eigenvalue weighted by atomic mass is 9.95. The SMILES string of the molecule is O=C1C(=O)N(c2ccccc2)[C@H](c2cccc([N+](=O)[O-])c2)/C1=C(\O)c1ccccc1. The van der Waals surface area contributed by atoms with Crippen molar-refractivity contribution in [2.24, 2.45) is 0 Å². The summed E-state index contributed by atoms with van der Waals surface area (Å²) in [6, 6.07) is 21.7. The van der Waals surface area contributed by atoms with Crippen molar-refractivity contribution in [2.45, 2.75) is 6.04 Å². The van der Waals surface area contributed by atoms with E-state index in [0.29, 0.717) is 16.8 Å². The molecule has 0 unspecified atom stereocenters. The molecule has 7 nitrogen and oxygen atoms in total. The van der Waals surface area contributed by atoms with E-state index in [1.807, 2.05) is 0 Å². The number of Topliss-reactive ketones (excluding diaryl/α,β-unsaturated/α-hetero) is 1. The number of aliphatic hydroxyl groups excluding tert-OH is 1. The Morgan fingerprint density at radius 3 is 2.17 bits per heavy atom. The van der Waals surface area contributed by atoms with Gasteiger partial charge in [0.1, 0.15) is 5.76 Å². The second-order valence-electron chi connectivity index (χ2n) is 6.72. The first-order valence-electron chi connectivity index (χ1n) is 9.15. The summed E-state index contributed by atoms with van der Waals surface area (Å²) >= 11 is 0. The van der Waals surface area contributed by atoms with Gasteiger partial charge in [0, 0.05) is 23.4 Å². The molecule has 0 spiro atoms. The lowest BCUT2D eigenvalue weighted by Gasteiger charge is -2.25. The number of nitrogens with zero attached hydrogens (tertiary/aromatic N) is 2. The van der Waals surface area contributed by atoms with E-state index in [-0.39, 0.29) is 17.0 Å². The average molecular weight is 400 g/mol. The van der Waals surface area contributed by atoms with E-state index in [1.54, 1.807) is 66.7 Å². The van der Waals surface area contributed by atoms with Crippen molar-refractivity contribution >= 4 is 28.8 Å². The first-order valence-corrected chi connectivity index (χ1v) is 9.15. The van der Waals surface area contributed by atoms with Crippen molar-refractivity contribution in [3.8, 4) is 0 Å². The van der Waals surface area contributed by atoms with E-state index in [1.165, 1.54) is 23.1 Å². The van der Waals surface area contributed by atoms with Crippen LogP contribution in [0.1, 0.15) is 17.2 Å². The molecule has 30 heavy (non-hydrogen) atoms. The molecule has 1 aliphatic rings. The molecule has 0 bridgehead atoms. The highest BCUT2D eigenvalue weighted by molar-refractivity contribution is 6.51. The third kappa shape index (κ3) is 3.22. The number of hydrogen-bond acceptors (Lipinski definition) is 5. The third-order valence-corrected chi connectivity index (χ3v) is 4.92. The average Bonchev–Trinajstić information content (AvgIpc) is 3.05. The normalized spacial score (nSPS) is 17.9. The zero-order chi connectivity index (χ0) is 21.3. The Balaban J connectivity index is 1.97. The number of nitro groups is 1. The van der Waals surface area contributed by atoms with E-state index >= 15 is 0 Å². The van der Waals surface area contributed by atoms with Crippen molar-refractivity contribution in [3.05, 3.63) is 112 Å². The summed E-state index contributed by atoms with van der Waals surface area (Å²) in [5.74, 6) is -1.99. The zero-order valence-corrected chi connectivity index (χ0v) is 15.6. The summed E-state index contributed by atoms with van der Waals surface area (Å²) in [6.07, 6.45) is 0. The van der Waals surface area contributed by atoms with Gasteiger partial charge in [0.25, 0.3) is 17.4 Å². The minimum Gasteiger partial charge on any atom is -0.507 e. The number of benzene rings is 3. The number of non-ortho nitro benzene ring substituents is 1. The third-order valence-electron chi connectivity index (χ3n) is 4.92. The van der Waals surface area contributed by atoms with Gasteiger partial charge in [-0.15, -0.1) is 0 Å². The number of nitro benzene ring substituents is 1. The van der Waals surface area contributed by atoms with E-state index < -0.39 is 22.7 Å². The fourth-order valence-corrected chi connectivity index (χ4v) is 3.56. The van der Waals surface area contributed by atoms with E-state index in [4.69, 9.17) is 0 Å². The van der Waals surface area contributed by atoms with Crippen molar-refractivity contribution in [3.63, 3.8) is 0 Å². The van der Waals surface area contributed by atoms with Crippen LogP contribution >= 0.6 is 0 Å². The summed E-state index contributed by atoms with van der Waals surface area (Å²) in [5, 5.41) is 22.2. The van der Waals surface area contributed by atoms with Crippen LogP contribution in [0.25, 0.3) is 5.76 Å². The lowest BCUT2D eigenvalue weighted by molar-refractivity contribution is -0.384. The molecule has 3 aromatic rings. The number of rotatable bonds is 4. The number of amides is 1. The fraction of sp³-hybridized carbons (Fsp3) is 0.0435. The number of ketones is 1. The molecule has 1 atom stereocenters. The molecule has 1 N–H and O–H groups in total. The molecule has 1 fully saturated rings. The van der Waals surface area contributed by atoms with Gasteiger partial charge in [-0.1, -0.05) is 60.7 Å². The summed E-state index contributed by atoms with van der Waals surface area (Å²) < 4.78 is 0. The summed E-state index contributed by atoms with van der Waals surface area (Å²) in [7, 11) is 0. The van der Waals surface area contributed by atoms with Crippen molar-refractivity contribution in [2.75, 3.05) is 4.90 Å². The summed E-state index contributed by atoms with van der Waals surface area (Å²) in [6.45, 7) is 0. The number of carbonyl (C=O) groups excluding carboxylic acids is 2. The largest absolute Gasteiger partial charge is 0.507 e. The molecular weight excluding hydrogens is 384 g/mol. The highest BCUT2D eigenvalue weighted by Crippen LogP contribution is 2.42. The molecule has 0 saturated carbocycles. The molecule has 1 amide bonds. The Morgan fingerprint density at radius 1 is 0.900 bits per heavy atom. The second kappa shape index (κ2) is 7.63. The topological polar surface area (TPSA) is 101 Å². The van der Waals surface area contributed by atoms with Crippen LogP contribution < -0.4 is 4.90 Å². The van der Waals surface area contributed by atoms with Gasteiger partial charge in [-0.25, -0.2) is 0 Å². The molecule has 7 heteroatoms. The monoisotopic (exact) mass is 400 g/mol. The minimum atomic E-state index is -1.01. The highest BCUT2D eigenvalue weighted by atomic mass is 16.6. The van der Waals surface area contributed by atoms with Crippen LogP contribution in [0.5, 0.6) is 0 Å². The lowest BCUT2D eigenvalue weighted by Crippen LogP contribution is -2.29. The molecule has 148 valence electrons. The minimum absolute atomic E-state index is 0.115. The quantitative estimate of drug-likeness (QED) is 0.232. The van der Waals surface area contributed by atoms with Crippen LogP contribution in [0.3, 0.4) is 0 Å². The number of carbonyl (C=O) groups is 2. The fourth-order valence-electron chi connectivity index (χ4n) is 3.56. The molecule has 4 rings (SSSR count). The zero-order valence-electron chi connectivity index (χ0n) is 15.6. The van der Waals surface area contributed by atoms with Crippen molar-refractivity contribution in [1.82, 2.24) is 0 Å². The Bertz CT molecular complexity index is 1170. The van der Waals surface area contributed by atoms with Crippen LogP contribution in [-0.2, 0) is 9.59 Å². The van der Waals surface area contributed by atoms with Crippen LogP contribution in [0.2, 0.25) is 0 Å². The molecule has 0 aromatic heterocycles. The Hall–Kier alpha value is -4.26. The van der Waals surface area contributed by atoms with Crippen molar-refractivity contribution in [1.29, 1.82) is 0 Å². The first kappa shape index (κ1) is 19.1. The van der Waals surface area contributed by atoms with Crippen LogP contribution in [-0.4, -0.2) is 21.7 Å². The molecular formula is C23H16N2O5. The van der Waals surface area contributed by atoms with E-state index in [2.05, 4.69) is 0 Å². The van der Waals surface area contributed by atoms with Gasteiger partial charge < -0.3 is 5.11 Å². The smallest absolute Gasteiger partial charge is 0.300 e. The first-order chi connectivity index (χ1) is 14.5. The maximum Gasteiger partial charge on any atom is 0.300 e. The van der Waals surface area contributed by atoms with Gasteiger partial charge in [-0.3, -0.25) is 24.6 Å². The van der Waals surface area contributed by atoms with E-state index in [9.17, 15) is 24.8 Å². The van der Waals surface area contributed by atoms with Gasteiger partial charge in [0.05, 0.1) is 16.5 Å². The standard InChI is InChI=1S/C23H16N2O5/c26-21(15-8-3-1-4-9-15)19-20(16-10-7-13-18(14-16)25(29)30)24(23(28)22(19)27)17-11-5-2-6-12-17/h1-14,20,26H/b21-19+/t20-/m1/s1. The predicted octanol–water partition coefficient (Wildman–Crippen LogP) is 4.22. The second-order valence-corrected chi connectivity index (χ2v) is 6.72. The van der Waals surface area contributed by atoms with Gasteiger partial charge in [-0.2, -0.15) is 0 Å². The van der Waals surface area contributed by atoms with Crippen LogP contribution in [0.4, 0.5) is 11.4 Å². The Morgan fingerprint density at radius 2 is 1.53 bits per heavy atom. The number of anilines is 1. The van der Waals surface area contributed by atoms with Crippen molar-refractivity contribution < 1.29 is 19.6 Å². The van der Waals surface area contributed by atoms with E-state index in [0.717, 1.165) is 0 Å².